The molecular weight excluding hydrogens is 424 g/mol. The average Bonchev–Trinajstić information content (AvgIpc) is 3.63. The van der Waals surface area contributed by atoms with Crippen molar-refractivity contribution in [1.82, 2.24) is 19.6 Å². The number of aromatic nitrogens is 2. The molecule has 0 aromatic carbocycles. The lowest BCUT2D eigenvalue weighted by molar-refractivity contribution is 0.00571. The SMILES string of the molecule is Cn1nc(C2CCCCC2)cc1[C@H]1CN2CC[C@H]1C[C@@H]2CN(Cc1ccco1)Cc1ccco1. The molecule has 3 aromatic rings. The minimum Gasteiger partial charge on any atom is -0.468 e. The zero-order chi connectivity index (χ0) is 22.9. The van der Waals surface area contributed by atoms with E-state index in [1.807, 2.05) is 12.1 Å². The summed E-state index contributed by atoms with van der Waals surface area (Å²) in [5.74, 6) is 4.08. The summed E-state index contributed by atoms with van der Waals surface area (Å²) in [4.78, 5) is 5.23. The number of hydrogen-bond donors (Lipinski definition) is 0. The molecule has 6 heteroatoms. The fourth-order valence-corrected chi connectivity index (χ4v) is 6.84. The van der Waals surface area contributed by atoms with Crippen LogP contribution >= 0.6 is 0 Å². The first kappa shape index (κ1) is 22.2. The molecule has 0 radical (unpaired) electrons. The van der Waals surface area contributed by atoms with Crippen LogP contribution in [-0.4, -0.2) is 45.3 Å². The van der Waals surface area contributed by atoms with E-state index in [4.69, 9.17) is 13.9 Å². The molecule has 1 unspecified atom stereocenters. The summed E-state index contributed by atoms with van der Waals surface area (Å²) in [6.07, 6.45) is 12.9. The quantitative estimate of drug-likeness (QED) is 0.440. The van der Waals surface area contributed by atoms with Crippen LogP contribution in [-0.2, 0) is 20.1 Å². The number of piperidine rings is 3. The number of fused-ring (bicyclic) bond motifs is 3. The Morgan fingerprint density at radius 3 is 2.35 bits per heavy atom. The van der Waals surface area contributed by atoms with Crippen LogP contribution in [0.4, 0.5) is 0 Å². The fraction of sp³-hybridized carbons (Fsp3) is 0.607. The topological polar surface area (TPSA) is 50.6 Å². The Kier molecular flexibility index (Phi) is 6.35. The Morgan fingerprint density at radius 1 is 1.00 bits per heavy atom. The second-order valence-electron chi connectivity index (χ2n) is 10.8. The minimum atomic E-state index is 0.589. The second kappa shape index (κ2) is 9.74. The van der Waals surface area contributed by atoms with Gasteiger partial charge in [-0.25, -0.2) is 0 Å². The molecule has 182 valence electrons. The van der Waals surface area contributed by atoms with Gasteiger partial charge in [0.05, 0.1) is 31.3 Å². The first-order valence-corrected chi connectivity index (χ1v) is 13.3. The lowest BCUT2D eigenvalue weighted by Gasteiger charge is -2.50. The van der Waals surface area contributed by atoms with E-state index in [-0.39, 0.29) is 0 Å². The lowest BCUT2D eigenvalue weighted by Crippen LogP contribution is -2.56. The van der Waals surface area contributed by atoms with Crippen molar-refractivity contribution in [2.75, 3.05) is 19.6 Å². The number of furan rings is 2. The molecule has 1 aliphatic carbocycles. The highest BCUT2D eigenvalue weighted by atomic mass is 16.3. The van der Waals surface area contributed by atoms with Gasteiger partial charge in [-0.3, -0.25) is 14.5 Å². The van der Waals surface area contributed by atoms with E-state index >= 15 is 0 Å². The molecule has 1 saturated carbocycles. The van der Waals surface area contributed by atoms with E-state index in [1.54, 1.807) is 12.5 Å². The summed E-state index contributed by atoms with van der Waals surface area (Å²) in [6, 6.07) is 11.2. The van der Waals surface area contributed by atoms with Crippen LogP contribution in [0.15, 0.2) is 51.7 Å². The highest BCUT2D eigenvalue weighted by Crippen LogP contribution is 2.43. The van der Waals surface area contributed by atoms with Gasteiger partial charge in [-0.1, -0.05) is 19.3 Å². The summed E-state index contributed by atoms with van der Waals surface area (Å²) < 4.78 is 13.6. The van der Waals surface area contributed by atoms with Crippen molar-refractivity contribution in [2.45, 2.75) is 75.9 Å². The summed E-state index contributed by atoms with van der Waals surface area (Å²) in [5, 5.41) is 5.01. The highest BCUT2D eigenvalue weighted by molar-refractivity contribution is 5.22. The van der Waals surface area contributed by atoms with Crippen molar-refractivity contribution >= 4 is 0 Å². The number of hydrogen-bond acceptors (Lipinski definition) is 5. The predicted octanol–water partition coefficient (Wildman–Crippen LogP) is 5.53. The van der Waals surface area contributed by atoms with Crippen LogP contribution in [0.2, 0.25) is 0 Å². The zero-order valence-electron chi connectivity index (χ0n) is 20.4. The third-order valence-corrected chi connectivity index (χ3v) is 8.60. The van der Waals surface area contributed by atoms with Gasteiger partial charge in [-0.15, -0.1) is 0 Å². The van der Waals surface area contributed by atoms with Crippen molar-refractivity contribution in [3.63, 3.8) is 0 Å². The maximum Gasteiger partial charge on any atom is 0.117 e. The molecule has 0 amide bonds. The smallest absolute Gasteiger partial charge is 0.117 e. The van der Waals surface area contributed by atoms with Gasteiger partial charge < -0.3 is 8.83 Å². The molecule has 4 fully saturated rings. The van der Waals surface area contributed by atoms with E-state index in [1.165, 1.54) is 62.9 Å². The largest absolute Gasteiger partial charge is 0.468 e. The Bertz CT molecular complexity index is 999. The summed E-state index contributed by atoms with van der Waals surface area (Å²) in [6.45, 7) is 5.06. The first-order chi connectivity index (χ1) is 16.7. The Labute approximate surface area is 202 Å². The van der Waals surface area contributed by atoms with Gasteiger partial charge in [-0.05, 0) is 68.5 Å². The van der Waals surface area contributed by atoms with Gasteiger partial charge in [0, 0.05) is 43.7 Å². The van der Waals surface area contributed by atoms with Crippen molar-refractivity contribution in [3.05, 3.63) is 65.8 Å². The van der Waals surface area contributed by atoms with Crippen molar-refractivity contribution in [3.8, 4) is 0 Å². The zero-order valence-corrected chi connectivity index (χ0v) is 20.4. The van der Waals surface area contributed by atoms with Gasteiger partial charge in [0.2, 0.25) is 0 Å². The Morgan fingerprint density at radius 2 is 1.74 bits per heavy atom. The van der Waals surface area contributed by atoms with E-state index in [0.717, 1.165) is 43.6 Å². The summed E-state index contributed by atoms with van der Waals surface area (Å²) >= 11 is 0. The number of aryl methyl sites for hydroxylation is 1. The molecule has 4 aliphatic rings. The van der Waals surface area contributed by atoms with Crippen LogP contribution < -0.4 is 0 Å². The first-order valence-electron chi connectivity index (χ1n) is 13.3. The lowest BCUT2D eigenvalue weighted by atomic mass is 9.73. The number of nitrogens with zero attached hydrogens (tertiary/aromatic N) is 4. The van der Waals surface area contributed by atoms with Gasteiger partial charge in [-0.2, -0.15) is 5.10 Å². The predicted molar refractivity (Wildman–Crippen MR) is 131 cm³/mol. The molecule has 4 atom stereocenters. The Hall–Kier alpha value is -2.31. The monoisotopic (exact) mass is 462 g/mol. The van der Waals surface area contributed by atoms with E-state index in [2.05, 4.69) is 39.7 Å². The fourth-order valence-electron chi connectivity index (χ4n) is 6.84. The third-order valence-electron chi connectivity index (χ3n) is 8.60. The van der Waals surface area contributed by atoms with Crippen LogP contribution in [0.25, 0.3) is 0 Å². The van der Waals surface area contributed by atoms with Crippen LogP contribution in [0.1, 0.15) is 79.7 Å². The molecule has 6 nitrogen and oxygen atoms in total. The third kappa shape index (κ3) is 4.63. The standard InChI is InChI=1S/C28H38N4O2/c1-30-28(16-27(29-30)21-7-3-2-4-8-21)26-20-32-12-11-22(26)15-23(32)17-31(18-24-9-5-13-33-24)19-25-10-6-14-34-25/h5-6,9-10,13-14,16,21-23,26H,2-4,7-8,11-12,15,17-20H2,1H3/t22-,23+,26-/m0/s1. The Balaban J connectivity index is 1.14. The summed E-state index contributed by atoms with van der Waals surface area (Å²) in [5.41, 5.74) is 2.82. The van der Waals surface area contributed by atoms with E-state index in [9.17, 15) is 0 Å². The molecular formula is C28H38N4O2. The van der Waals surface area contributed by atoms with Crippen molar-refractivity contribution in [2.24, 2.45) is 13.0 Å². The van der Waals surface area contributed by atoms with Crippen LogP contribution in [0.3, 0.4) is 0 Å². The molecule has 7 rings (SSSR count). The molecule has 3 saturated heterocycles. The molecule has 34 heavy (non-hydrogen) atoms. The molecule has 3 aliphatic heterocycles. The summed E-state index contributed by atoms with van der Waals surface area (Å²) in [7, 11) is 2.17. The minimum absolute atomic E-state index is 0.589. The van der Waals surface area contributed by atoms with E-state index < -0.39 is 0 Å². The molecule has 3 aromatic heterocycles. The average molecular weight is 463 g/mol. The highest BCUT2D eigenvalue weighted by Gasteiger charge is 2.42. The van der Waals surface area contributed by atoms with Crippen molar-refractivity contribution in [1.29, 1.82) is 0 Å². The van der Waals surface area contributed by atoms with Gasteiger partial charge in [0.25, 0.3) is 0 Å². The normalized spacial score (nSPS) is 27.6. The van der Waals surface area contributed by atoms with Gasteiger partial charge in [0.1, 0.15) is 11.5 Å². The molecule has 0 spiro atoms. The number of rotatable bonds is 8. The van der Waals surface area contributed by atoms with Crippen molar-refractivity contribution < 1.29 is 8.83 Å². The molecule has 2 bridgehead atoms. The van der Waals surface area contributed by atoms with Crippen LogP contribution in [0, 0.1) is 5.92 Å². The maximum absolute atomic E-state index is 5.68. The molecule has 6 heterocycles. The van der Waals surface area contributed by atoms with E-state index in [0.29, 0.717) is 17.9 Å². The maximum atomic E-state index is 5.68. The van der Waals surface area contributed by atoms with Crippen LogP contribution in [0.5, 0.6) is 0 Å². The van der Waals surface area contributed by atoms with Gasteiger partial charge >= 0.3 is 0 Å². The molecule has 0 N–H and O–H groups in total. The second-order valence-corrected chi connectivity index (χ2v) is 10.8. The van der Waals surface area contributed by atoms with Gasteiger partial charge in [0.15, 0.2) is 0 Å².